The highest BCUT2D eigenvalue weighted by Gasteiger charge is 2.21. The van der Waals surface area contributed by atoms with E-state index in [4.69, 9.17) is 4.74 Å². The number of hydrogen-bond donors (Lipinski definition) is 1. The summed E-state index contributed by atoms with van der Waals surface area (Å²) in [5.74, 6) is 0.164. The van der Waals surface area contributed by atoms with Crippen molar-refractivity contribution >= 4 is 5.91 Å². The van der Waals surface area contributed by atoms with E-state index in [-0.39, 0.29) is 18.6 Å². The van der Waals surface area contributed by atoms with Gasteiger partial charge in [-0.05, 0) is 19.3 Å². The van der Waals surface area contributed by atoms with Crippen LogP contribution in [0.4, 0.5) is 0 Å². The third kappa shape index (κ3) is 2.45. The van der Waals surface area contributed by atoms with Crippen molar-refractivity contribution in [1.82, 2.24) is 10.2 Å². The molecule has 2 heterocycles. The summed E-state index contributed by atoms with van der Waals surface area (Å²) in [5.41, 5.74) is 0. The van der Waals surface area contributed by atoms with Gasteiger partial charge in [0.1, 0.15) is 6.61 Å². The summed E-state index contributed by atoms with van der Waals surface area (Å²) in [6, 6.07) is 0. The minimum Gasteiger partial charge on any atom is -0.366 e. The molecule has 1 amide bonds. The Morgan fingerprint density at radius 3 is 2.57 bits per heavy atom. The molecule has 1 N–H and O–H groups in total. The topological polar surface area (TPSA) is 41.6 Å². The van der Waals surface area contributed by atoms with Gasteiger partial charge in [0.25, 0.3) is 0 Å². The molecule has 0 bridgehead atoms. The minimum atomic E-state index is 0.164. The fourth-order valence-electron chi connectivity index (χ4n) is 1.80. The van der Waals surface area contributed by atoms with Gasteiger partial charge < -0.3 is 15.0 Å². The van der Waals surface area contributed by atoms with Crippen molar-refractivity contribution in [3.05, 3.63) is 0 Å². The van der Waals surface area contributed by atoms with Crippen molar-refractivity contribution in [2.45, 2.75) is 25.4 Å². The standard InChI is InChI=1S/C10H18N2O2/c13-10(8-14-9-6-11-7-9)12-4-2-1-3-5-12/h9,11H,1-8H2. The molecule has 0 spiro atoms. The molecule has 0 saturated carbocycles. The van der Waals surface area contributed by atoms with Gasteiger partial charge in [-0.25, -0.2) is 0 Å². The quantitative estimate of drug-likeness (QED) is 0.693. The number of piperidine rings is 1. The second-order valence-electron chi connectivity index (χ2n) is 4.03. The number of nitrogens with zero attached hydrogens (tertiary/aromatic N) is 1. The molecule has 0 unspecified atom stereocenters. The van der Waals surface area contributed by atoms with E-state index in [1.165, 1.54) is 6.42 Å². The maximum absolute atomic E-state index is 11.6. The Morgan fingerprint density at radius 2 is 2.00 bits per heavy atom. The Labute approximate surface area is 84.6 Å². The number of likely N-dealkylation sites (tertiary alicyclic amines) is 1. The number of amides is 1. The molecule has 0 aromatic heterocycles. The smallest absolute Gasteiger partial charge is 0.248 e. The molecule has 0 aliphatic carbocycles. The molecule has 2 saturated heterocycles. The molecule has 2 aliphatic rings. The maximum Gasteiger partial charge on any atom is 0.248 e. The predicted octanol–water partition coefficient (Wildman–Crippen LogP) is -0.0127. The number of hydrogen-bond acceptors (Lipinski definition) is 3. The molecule has 14 heavy (non-hydrogen) atoms. The van der Waals surface area contributed by atoms with E-state index in [0.717, 1.165) is 39.0 Å². The normalized spacial score (nSPS) is 23.3. The van der Waals surface area contributed by atoms with Gasteiger partial charge in [0, 0.05) is 26.2 Å². The zero-order valence-electron chi connectivity index (χ0n) is 8.50. The molecule has 80 valence electrons. The van der Waals surface area contributed by atoms with Crippen LogP contribution in [-0.4, -0.2) is 49.7 Å². The first kappa shape index (κ1) is 9.93. The van der Waals surface area contributed by atoms with Gasteiger partial charge in [-0.2, -0.15) is 0 Å². The van der Waals surface area contributed by atoms with Gasteiger partial charge in [0.15, 0.2) is 0 Å². The van der Waals surface area contributed by atoms with Crippen LogP contribution in [0.2, 0.25) is 0 Å². The monoisotopic (exact) mass is 198 g/mol. The van der Waals surface area contributed by atoms with Crippen molar-refractivity contribution in [3.8, 4) is 0 Å². The molecule has 2 fully saturated rings. The van der Waals surface area contributed by atoms with Crippen LogP contribution in [0.1, 0.15) is 19.3 Å². The summed E-state index contributed by atoms with van der Waals surface area (Å²) in [6.45, 7) is 3.91. The van der Waals surface area contributed by atoms with Crippen LogP contribution in [0.25, 0.3) is 0 Å². The summed E-state index contributed by atoms with van der Waals surface area (Å²) in [4.78, 5) is 13.5. The van der Waals surface area contributed by atoms with E-state index in [1.807, 2.05) is 4.90 Å². The van der Waals surface area contributed by atoms with Crippen LogP contribution >= 0.6 is 0 Å². The fourth-order valence-corrected chi connectivity index (χ4v) is 1.80. The molecule has 2 aliphatic heterocycles. The molecular weight excluding hydrogens is 180 g/mol. The van der Waals surface area contributed by atoms with Crippen molar-refractivity contribution in [2.75, 3.05) is 32.8 Å². The first-order chi connectivity index (χ1) is 6.86. The van der Waals surface area contributed by atoms with Crippen LogP contribution in [0.15, 0.2) is 0 Å². The highest BCUT2D eigenvalue weighted by molar-refractivity contribution is 5.77. The van der Waals surface area contributed by atoms with Gasteiger partial charge in [-0.1, -0.05) is 0 Å². The third-order valence-corrected chi connectivity index (χ3v) is 2.90. The largest absolute Gasteiger partial charge is 0.366 e. The second-order valence-corrected chi connectivity index (χ2v) is 4.03. The van der Waals surface area contributed by atoms with Crippen molar-refractivity contribution in [1.29, 1.82) is 0 Å². The number of rotatable bonds is 3. The number of carbonyl (C=O) groups excluding carboxylic acids is 1. The summed E-state index contributed by atoms with van der Waals surface area (Å²) < 4.78 is 5.44. The van der Waals surface area contributed by atoms with Crippen molar-refractivity contribution < 1.29 is 9.53 Å². The Balaban J connectivity index is 1.65. The van der Waals surface area contributed by atoms with Gasteiger partial charge in [-0.15, -0.1) is 0 Å². The fraction of sp³-hybridized carbons (Fsp3) is 0.900. The average Bonchev–Trinajstić information content (AvgIpc) is 2.16. The summed E-state index contributed by atoms with van der Waals surface area (Å²) in [6.07, 6.45) is 3.83. The Hall–Kier alpha value is -0.610. The van der Waals surface area contributed by atoms with E-state index >= 15 is 0 Å². The second kappa shape index (κ2) is 4.75. The lowest BCUT2D eigenvalue weighted by atomic mass is 10.1. The van der Waals surface area contributed by atoms with E-state index in [1.54, 1.807) is 0 Å². The highest BCUT2D eigenvalue weighted by Crippen LogP contribution is 2.09. The van der Waals surface area contributed by atoms with Gasteiger partial charge in [0.05, 0.1) is 6.10 Å². The average molecular weight is 198 g/mol. The van der Waals surface area contributed by atoms with Crippen molar-refractivity contribution in [2.24, 2.45) is 0 Å². The first-order valence-electron chi connectivity index (χ1n) is 5.46. The number of nitrogens with one attached hydrogen (secondary N) is 1. The van der Waals surface area contributed by atoms with Crippen LogP contribution in [0.5, 0.6) is 0 Å². The molecule has 4 heteroatoms. The zero-order chi connectivity index (χ0) is 9.80. The molecule has 0 aromatic rings. The Kier molecular flexibility index (Phi) is 3.37. The molecule has 4 nitrogen and oxygen atoms in total. The van der Waals surface area contributed by atoms with E-state index in [9.17, 15) is 4.79 Å². The molecular formula is C10H18N2O2. The minimum absolute atomic E-state index is 0.164. The van der Waals surface area contributed by atoms with Crippen molar-refractivity contribution in [3.63, 3.8) is 0 Å². The predicted molar refractivity (Wildman–Crippen MR) is 53.0 cm³/mol. The molecule has 0 aromatic carbocycles. The summed E-state index contributed by atoms with van der Waals surface area (Å²) in [5, 5.41) is 3.11. The Morgan fingerprint density at radius 1 is 1.29 bits per heavy atom. The van der Waals surface area contributed by atoms with Crippen LogP contribution in [0, 0.1) is 0 Å². The SMILES string of the molecule is O=C(COC1CNC1)N1CCCCC1. The lowest BCUT2D eigenvalue weighted by molar-refractivity contribution is -0.140. The third-order valence-electron chi connectivity index (χ3n) is 2.90. The first-order valence-corrected chi connectivity index (χ1v) is 5.46. The van der Waals surface area contributed by atoms with E-state index in [0.29, 0.717) is 0 Å². The number of ether oxygens (including phenoxy) is 1. The lowest BCUT2D eigenvalue weighted by Gasteiger charge is -2.30. The van der Waals surface area contributed by atoms with Crippen LogP contribution < -0.4 is 5.32 Å². The van der Waals surface area contributed by atoms with Gasteiger partial charge >= 0.3 is 0 Å². The van der Waals surface area contributed by atoms with E-state index in [2.05, 4.69) is 5.32 Å². The Bertz CT molecular complexity index is 198. The molecule has 0 atom stereocenters. The summed E-state index contributed by atoms with van der Waals surface area (Å²) in [7, 11) is 0. The summed E-state index contributed by atoms with van der Waals surface area (Å²) >= 11 is 0. The number of carbonyl (C=O) groups is 1. The van der Waals surface area contributed by atoms with Crippen LogP contribution in [-0.2, 0) is 9.53 Å². The molecule has 2 rings (SSSR count). The zero-order valence-corrected chi connectivity index (χ0v) is 8.50. The van der Waals surface area contributed by atoms with Gasteiger partial charge in [0.2, 0.25) is 5.91 Å². The van der Waals surface area contributed by atoms with Gasteiger partial charge in [-0.3, -0.25) is 4.79 Å². The highest BCUT2D eigenvalue weighted by atomic mass is 16.5. The maximum atomic E-state index is 11.6. The van der Waals surface area contributed by atoms with Crippen LogP contribution in [0.3, 0.4) is 0 Å². The molecule has 0 radical (unpaired) electrons. The van der Waals surface area contributed by atoms with E-state index < -0.39 is 0 Å². The lowest BCUT2D eigenvalue weighted by Crippen LogP contribution is -2.50.